The second-order valence-electron chi connectivity index (χ2n) is 7.11. The van der Waals surface area contributed by atoms with Crippen molar-refractivity contribution in [3.05, 3.63) is 77.8 Å². The molecule has 4 rings (SSSR count). The zero-order valence-corrected chi connectivity index (χ0v) is 17.6. The number of rotatable bonds is 7. The van der Waals surface area contributed by atoms with Gasteiger partial charge in [0.15, 0.2) is 11.6 Å². The van der Waals surface area contributed by atoms with E-state index in [4.69, 9.17) is 8.94 Å². The van der Waals surface area contributed by atoms with Crippen molar-refractivity contribution in [1.82, 2.24) is 24.8 Å². The molecule has 158 valence electrons. The Hall–Kier alpha value is -3.94. The molecule has 4 aromatic rings. The molecule has 0 saturated heterocycles. The topological polar surface area (TPSA) is 90.2 Å². The fraction of sp³-hybridized carbons (Fsp3) is 0.217. The van der Waals surface area contributed by atoms with E-state index in [1.165, 1.54) is 11.0 Å². The van der Waals surface area contributed by atoms with E-state index < -0.39 is 0 Å². The number of carbonyl (C=O) groups is 1. The van der Waals surface area contributed by atoms with Gasteiger partial charge in [0.1, 0.15) is 11.5 Å². The Morgan fingerprint density at radius 1 is 1.19 bits per heavy atom. The number of aromatic nitrogens is 4. The molecule has 1 amide bonds. The Bertz CT molecular complexity index is 1200. The van der Waals surface area contributed by atoms with Gasteiger partial charge in [-0.2, -0.15) is 10.1 Å². The van der Waals surface area contributed by atoms with Crippen LogP contribution in [0.5, 0.6) is 0 Å². The number of likely N-dealkylation sites (N-methyl/N-ethyl adjacent to an activating group) is 1. The highest BCUT2D eigenvalue weighted by Crippen LogP contribution is 2.26. The third kappa shape index (κ3) is 4.63. The molecule has 0 bridgehead atoms. The van der Waals surface area contributed by atoms with Crippen LogP contribution in [0.3, 0.4) is 0 Å². The minimum absolute atomic E-state index is 0.190. The molecule has 8 nitrogen and oxygen atoms in total. The summed E-state index contributed by atoms with van der Waals surface area (Å²) in [6.45, 7) is 4.07. The van der Waals surface area contributed by atoms with Crippen LogP contribution in [0, 0.1) is 6.92 Å². The lowest BCUT2D eigenvalue weighted by Crippen LogP contribution is -2.24. The molecular formula is C23H23N5O3. The Labute approximate surface area is 179 Å². The lowest BCUT2D eigenvalue weighted by Gasteiger charge is -2.11. The summed E-state index contributed by atoms with van der Waals surface area (Å²) in [5, 5.41) is 8.54. The maximum Gasteiger partial charge on any atom is 0.246 e. The number of hydrogen-bond acceptors (Lipinski definition) is 6. The average Bonchev–Trinajstić information content (AvgIpc) is 3.52. The van der Waals surface area contributed by atoms with E-state index in [1.807, 2.05) is 62.5 Å². The van der Waals surface area contributed by atoms with Crippen molar-refractivity contribution in [2.45, 2.75) is 26.8 Å². The normalized spacial score (nSPS) is 11.3. The van der Waals surface area contributed by atoms with Crippen LogP contribution in [0.25, 0.3) is 23.2 Å². The molecule has 0 aliphatic carbocycles. The van der Waals surface area contributed by atoms with E-state index in [-0.39, 0.29) is 12.5 Å². The smallest absolute Gasteiger partial charge is 0.246 e. The van der Waals surface area contributed by atoms with E-state index in [2.05, 4.69) is 15.2 Å². The van der Waals surface area contributed by atoms with Crippen molar-refractivity contribution in [1.29, 1.82) is 0 Å². The van der Waals surface area contributed by atoms with Gasteiger partial charge in [-0.1, -0.05) is 30.3 Å². The molecule has 0 atom stereocenters. The molecule has 0 fully saturated rings. The van der Waals surface area contributed by atoms with Gasteiger partial charge in [-0.25, -0.2) is 4.68 Å². The number of para-hydroxylation sites is 1. The summed E-state index contributed by atoms with van der Waals surface area (Å²) in [6.07, 6.45) is 5.80. The van der Waals surface area contributed by atoms with Crippen molar-refractivity contribution in [3.63, 3.8) is 0 Å². The summed E-state index contributed by atoms with van der Waals surface area (Å²) in [5.41, 5.74) is 2.34. The van der Waals surface area contributed by atoms with E-state index >= 15 is 0 Å². The molecule has 1 aromatic carbocycles. The third-order valence-electron chi connectivity index (χ3n) is 4.72. The van der Waals surface area contributed by atoms with Gasteiger partial charge in [0.05, 0.1) is 12.2 Å². The second-order valence-corrected chi connectivity index (χ2v) is 7.11. The highest BCUT2D eigenvalue weighted by Gasteiger charge is 2.15. The first-order chi connectivity index (χ1) is 15.0. The first-order valence-corrected chi connectivity index (χ1v) is 10.00. The van der Waals surface area contributed by atoms with Crippen LogP contribution in [0.1, 0.15) is 30.0 Å². The van der Waals surface area contributed by atoms with E-state index in [0.717, 1.165) is 17.0 Å². The first-order valence-electron chi connectivity index (χ1n) is 10.00. The fourth-order valence-corrected chi connectivity index (χ4v) is 3.04. The summed E-state index contributed by atoms with van der Waals surface area (Å²) in [7, 11) is 1.69. The van der Waals surface area contributed by atoms with Crippen molar-refractivity contribution in [3.8, 4) is 17.1 Å². The largest absolute Gasteiger partial charge is 0.460 e. The summed E-state index contributed by atoms with van der Waals surface area (Å²) in [4.78, 5) is 18.4. The fourth-order valence-electron chi connectivity index (χ4n) is 3.04. The van der Waals surface area contributed by atoms with Crippen LogP contribution in [0.15, 0.2) is 63.7 Å². The van der Waals surface area contributed by atoms with Gasteiger partial charge in [-0.05, 0) is 37.3 Å². The summed E-state index contributed by atoms with van der Waals surface area (Å²) in [5.74, 6) is 2.28. The van der Waals surface area contributed by atoms with Gasteiger partial charge >= 0.3 is 0 Å². The summed E-state index contributed by atoms with van der Waals surface area (Å²) >= 11 is 0. The summed E-state index contributed by atoms with van der Waals surface area (Å²) < 4.78 is 12.7. The van der Waals surface area contributed by atoms with Gasteiger partial charge in [-0.15, -0.1) is 0 Å². The van der Waals surface area contributed by atoms with Crippen LogP contribution in [-0.2, 0) is 17.8 Å². The number of carbonyl (C=O) groups excluding carboxylic acids is 1. The Kier molecular flexibility index (Phi) is 5.79. The van der Waals surface area contributed by atoms with E-state index in [1.54, 1.807) is 17.8 Å². The van der Waals surface area contributed by atoms with Crippen molar-refractivity contribution < 1.29 is 13.7 Å². The Morgan fingerprint density at radius 3 is 2.68 bits per heavy atom. The molecular weight excluding hydrogens is 394 g/mol. The second kappa shape index (κ2) is 8.83. The van der Waals surface area contributed by atoms with Crippen molar-refractivity contribution in [2.24, 2.45) is 0 Å². The quantitative estimate of drug-likeness (QED) is 0.421. The molecule has 0 spiro atoms. The number of nitrogens with zero attached hydrogens (tertiary/aromatic N) is 5. The standard InChI is InChI=1S/C23H23N5O3/c1-4-20-24-21(31-26-20)15-27(3)22(29)13-11-17-14-28(18-8-6-5-7-9-18)25-23(17)19-12-10-16(2)30-19/h5-14H,4,15H2,1-3H3. The molecule has 0 N–H and O–H groups in total. The van der Waals surface area contributed by atoms with Crippen molar-refractivity contribution in [2.75, 3.05) is 7.05 Å². The van der Waals surface area contributed by atoms with Crippen LogP contribution in [-0.4, -0.2) is 37.8 Å². The monoisotopic (exact) mass is 417 g/mol. The number of aryl methyl sites for hydroxylation is 2. The molecule has 0 aliphatic heterocycles. The predicted molar refractivity (Wildman–Crippen MR) is 115 cm³/mol. The number of furan rings is 1. The van der Waals surface area contributed by atoms with Gasteiger partial charge in [0.25, 0.3) is 0 Å². The molecule has 0 saturated carbocycles. The van der Waals surface area contributed by atoms with Crippen LogP contribution in [0.2, 0.25) is 0 Å². The minimum atomic E-state index is -0.190. The van der Waals surface area contributed by atoms with Gasteiger partial charge < -0.3 is 13.8 Å². The zero-order chi connectivity index (χ0) is 21.8. The average molecular weight is 417 g/mol. The van der Waals surface area contributed by atoms with E-state index in [0.29, 0.717) is 29.6 Å². The molecule has 0 unspecified atom stereocenters. The highest BCUT2D eigenvalue weighted by molar-refractivity contribution is 5.92. The maximum absolute atomic E-state index is 12.6. The summed E-state index contributed by atoms with van der Waals surface area (Å²) in [6, 6.07) is 13.5. The molecule has 8 heteroatoms. The number of benzene rings is 1. The number of hydrogen-bond donors (Lipinski definition) is 0. The molecule has 31 heavy (non-hydrogen) atoms. The van der Waals surface area contributed by atoms with E-state index in [9.17, 15) is 4.79 Å². The molecule has 0 aliphatic rings. The van der Waals surface area contributed by atoms with Crippen LogP contribution in [0.4, 0.5) is 0 Å². The highest BCUT2D eigenvalue weighted by atomic mass is 16.5. The number of amides is 1. The Morgan fingerprint density at radius 2 is 2.00 bits per heavy atom. The molecule has 3 heterocycles. The van der Waals surface area contributed by atoms with Gasteiger partial charge in [-0.3, -0.25) is 4.79 Å². The predicted octanol–water partition coefficient (Wildman–Crippen LogP) is 4.06. The van der Waals surface area contributed by atoms with Crippen molar-refractivity contribution >= 4 is 12.0 Å². The lowest BCUT2D eigenvalue weighted by atomic mass is 10.2. The van der Waals surface area contributed by atoms with Crippen LogP contribution >= 0.6 is 0 Å². The Balaban J connectivity index is 1.58. The van der Waals surface area contributed by atoms with Crippen LogP contribution < -0.4 is 0 Å². The minimum Gasteiger partial charge on any atom is -0.460 e. The zero-order valence-electron chi connectivity index (χ0n) is 17.6. The van der Waals surface area contributed by atoms with Gasteiger partial charge in [0, 0.05) is 31.3 Å². The first kappa shape index (κ1) is 20.3. The van der Waals surface area contributed by atoms with Gasteiger partial charge in [0.2, 0.25) is 11.8 Å². The maximum atomic E-state index is 12.6. The third-order valence-corrected chi connectivity index (χ3v) is 4.72. The molecule has 3 aromatic heterocycles. The molecule has 0 radical (unpaired) electrons. The SMILES string of the molecule is CCc1noc(CN(C)C(=O)C=Cc2cn(-c3ccccc3)nc2-c2ccc(C)o2)n1. The lowest BCUT2D eigenvalue weighted by molar-refractivity contribution is -0.125.